The van der Waals surface area contributed by atoms with Crippen molar-refractivity contribution < 1.29 is 4.79 Å². The maximum atomic E-state index is 11.8. The fraction of sp³-hybridized carbons (Fsp3) is 0.286. The molecule has 2 rings (SSSR count). The molecule has 0 saturated heterocycles. The zero-order chi connectivity index (χ0) is 15.6. The Hall–Kier alpha value is -2.88. The number of nitrogens with one attached hydrogen (secondary N) is 3. The highest BCUT2D eigenvalue weighted by atomic mass is 16.1. The number of amides is 1. The minimum Gasteiger partial charge on any atom is -0.382 e. The summed E-state index contributed by atoms with van der Waals surface area (Å²) in [4.78, 5) is 11.8. The Bertz CT molecular complexity index is 683. The van der Waals surface area contributed by atoms with Crippen molar-refractivity contribution in [2.24, 2.45) is 10.8 Å². The minimum absolute atomic E-state index is 0.0715. The van der Waals surface area contributed by atoms with E-state index < -0.39 is 5.84 Å². The number of nitriles is 1. The molecule has 21 heavy (non-hydrogen) atoms. The first-order valence-corrected chi connectivity index (χ1v) is 6.36. The van der Waals surface area contributed by atoms with Crippen LogP contribution in [0.25, 0.3) is 0 Å². The molecule has 7 heteroatoms. The van der Waals surface area contributed by atoms with Crippen LogP contribution >= 0.6 is 0 Å². The molecule has 0 atom stereocenters. The number of anilines is 2. The largest absolute Gasteiger partial charge is 0.382 e. The number of hydrogen-bond acceptors (Lipinski definition) is 5. The van der Waals surface area contributed by atoms with E-state index in [-0.39, 0.29) is 17.0 Å². The third-order valence-corrected chi connectivity index (χ3v) is 3.31. The topological polar surface area (TPSA) is 127 Å². The van der Waals surface area contributed by atoms with Crippen molar-refractivity contribution in [2.45, 2.75) is 25.7 Å². The minimum atomic E-state index is -0.417. The second kappa shape index (κ2) is 5.25. The van der Waals surface area contributed by atoms with Gasteiger partial charge in [-0.15, -0.1) is 0 Å². The average Bonchev–Trinajstić information content (AvgIpc) is 2.38. The third kappa shape index (κ3) is 2.84. The molecule has 0 fully saturated rings. The van der Waals surface area contributed by atoms with Gasteiger partial charge in [0.15, 0.2) is 5.84 Å². The van der Waals surface area contributed by atoms with Crippen LogP contribution in [0, 0.1) is 16.7 Å². The van der Waals surface area contributed by atoms with Gasteiger partial charge in [-0.3, -0.25) is 15.6 Å². The van der Waals surface area contributed by atoms with Gasteiger partial charge in [0.2, 0.25) is 11.6 Å². The molecular weight excluding hydrogens is 268 g/mol. The van der Waals surface area contributed by atoms with E-state index in [0.29, 0.717) is 17.8 Å². The smallest absolute Gasteiger partial charge is 0.225 e. The van der Waals surface area contributed by atoms with Gasteiger partial charge < -0.3 is 11.1 Å². The first-order valence-electron chi connectivity index (χ1n) is 6.36. The summed E-state index contributed by atoms with van der Waals surface area (Å²) in [7, 11) is 0. The number of amidine groups is 1. The molecule has 1 aromatic rings. The van der Waals surface area contributed by atoms with Crippen LogP contribution in [0.15, 0.2) is 23.3 Å². The monoisotopic (exact) mass is 284 g/mol. The van der Waals surface area contributed by atoms with E-state index >= 15 is 0 Å². The summed E-state index contributed by atoms with van der Waals surface area (Å²) in [5.74, 6) is -0.489. The van der Waals surface area contributed by atoms with Crippen LogP contribution in [0.1, 0.15) is 25.8 Å². The molecule has 1 amide bonds. The lowest BCUT2D eigenvalue weighted by atomic mass is 9.78. The van der Waals surface area contributed by atoms with Crippen LogP contribution in [0.5, 0.6) is 0 Å². The van der Waals surface area contributed by atoms with Crippen LogP contribution in [0.2, 0.25) is 0 Å². The summed E-state index contributed by atoms with van der Waals surface area (Å²) in [5.41, 5.74) is 9.62. The molecule has 0 radical (unpaired) electrons. The molecule has 0 spiro atoms. The summed E-state index contributed by atoms with van der Waals surface area (Å²) in [6, 6.07) is 7.25. The first-order chi connectivity index (χ1) is 9.85. The Morgan fingerprint density at radius 1 is 1.57 bits per heavy atom. The highest BCUT2D eigenvalue weighted by molar-refractivity contribution is 6.45. The summed E-state index contributed by atoms with van der Waals surface area (Å²) in [5, 5.41) is 22.7. The third-order valence-electron chi connectivity index (χ3n) is 3.31. The van der Waals surface area contributed by atoms with Gasteiger partial charge in [0, 0.05) is 11.8 Å². The van der Waals surface area contributed by atoms with Gasteiger partial charge in [-0.05, 0) is 11.6 Å². The molecule has 0 aromatic heterocycles. The summed E-state index contributed by atoms with van der Waals surface area (Å²) >= 11 is 0. The number of hydrazone groups is 1. The molecule has 1 heterocycles. The number of benzene rings is 1. The standard InChI is InChI=1S/C14H16N6O/c1-14(2)6-11(21)18-12-8(14)4-3-5-9(12)19-20-10(7-15)13(16)17/h3-5,19H,6H2,1-2H3,(H3,16,17)(H,18,21)/b20-10+. The van der Waals surface area contributed by atoms with Crippen LogP contribution in [-0.2, 0) is 10.2 Å². The Morgan fingerprint density at radius 2 is 2.29 bits per heavy atom. The van der Waals surface area contributed by atoms with E-state index in [0.717, 1.165) is 5.56 Å². The molecule has 7 nitrogen and oxygen atoms in total. The molecule has 5 N–H and O–H groups in total. The van der Waals surface area contributed by atoms with E-state index in [1.165, 1.54) is 0 Å². The molecule has 0 saturated carbocycles. The Kier molecular flexibility index (Phi) is 3.63. The molecule has 0 bridgehead atoms. The van der Waals surface area contributed by atoms with Crippen LogP contribution < -0.4 is 16.5 Å². The molecule has 108 valence electrons. The van der Waals surface area contributed by atoms with Crippen molar-refractivity contribution in [2.75, 3.05) is 10.7 Å². The second-order valence-electron chi connectivity index (χ2n) is 5.43. The SMILES string of the molecule is CC1(C)CC(=O)Nc2c(N/N=C(\C#N)C(=N)N)cccc21. The Morgan fingerprint density at radius 3 is 2.90 bits per heavy atom. The molecular formula is C14H16N6O. The van der Waals surface area contributed by atoms with Crippen molar-refractivity contribution in [1.29, 1.82) is 10.7 Å². The number of nitrogens with zero attached hydrogens (tertiary/aromatic N) is 2. The second-order valence-corrected chi connectivity index (χ2v) is 5.43. The number of carbonyl (C=O) groups excluding carboxylic acids is 1. The van der Waals surface area contributed by atoms with Crippen LogP contribution in [-0.4, -0.2) is 17.5 Å². The van der Waals surface area contributed by atoms with Crippen LogP contribution in [0.4, 0.5) is 11.4 Å². The number of para-hydroxylation sites is 1. The number of rotatable bonds is 3. The van der Waals surface area contributed by atoms with Gasteiger partial charge >= 0.3 is 0 Å². The lowest BCUT2D eigenvalue weighted by Crippen LogP contribution is -2.33. The normalized spacial score (nSPS) is 16.4. The number of hydrogen-bond donors (Lipinski definition) is 4. The van der Waals surface area contributed by atoms with E-state index in [4.69, 9.17) is 16.4 Å². The molecule has 1 aromatic carbocycles. The molecule has 0 aliphatic carbocycles. The van der Waals surface area contributed by atoms with Gasteiger partial charge in [0.05, 0.1) is 11.4 Å². The van der Waals surface area contributed by atoms with E-state index in [1.54, 1.807) is 12.1 Å². The molecule has 1 aliphatic rings. The van der Waals surface area contributed by atoms with Gasteiger partial charge in [-0.1, -0.05) is 26.0 Å². The zero-order valence-corrected chi connectivity index (χ0v) is 11.8. The lowest BCUT2D eigenvalue weighted by Gasteiger charge is -2.33. The van der Waals surface area contributed by atoms with E-state index in [2.05, 4.69) is 15.8 Å². The maximum absolute atomic E-state index is 11.8. The predicted octanol–water partition coefficient (Wildman–Crippen LogP) is 1.53. The van der Waals surface area contributed by atoms with Gasteiger partial charge in [0.25, 0.3) is 0 Å². The fourth-order valence-corrected chi connectivity index (χ4v) is 2.29. The highest BCUT2D eigenvalue weighted by Crippen LogP contribution is 2.40. The highest BCUT2D eigenvalue weighted by Gasteiger charge is 2.33. The first kappa shape index (κ1) is 14.5. The summed E-state index contributed by atoms with van der Waals surface area (Å²) < 4.78 is 0. The Balaban J connectivity index is 2.42. The molecule has 0 unspecified atom stereocenters. The van der Waals surface area contributed by atoms with Gasteiger partial charge in [-0.25, -0.2) is 0 Å². The predicted molar refractivity (Wildman–Crippen MR) is 81.3 cm³/mol. The van der Waals surface area contributed by atoms with E-state index in [9.17, 15) is 4.79 Å². The fourth-order valence-electron chi connectivity index (χ4n) is 2.29. The Labute approximate surface area is 122 Å². The van der Waals surface area contributed by atoms with Crippen molar-refractivity contribution in [1.82, 2.24) is 0 Å². The van der Waals surface area contributed by atoms with Crippen LogP contribution in [0.3, 0.4) is 0 Å². The summed E-state index contributed by atoms with van der Waals surface area (Å²) in [6.07, 6.45) is 0.406. The zero-order valence-electron chi connectivity index (χ0n) is 11.8. The van der Waals surface area contributed by atoms with Crippen molar-refractivity contribution in [3.05, 3.63) is 23.8 Å². The van der Waals surface area contributed by atoms with Gasteiger partial charge in [0.1, 0.15) is 6.07 Å². The molecule has 1 aliphatic heterocycles. The number of carbonyl (C=O) groups is 1. The summed E-state index contributed by atoms with van der Waals surface area (Å²) in [6.45, 7) is 3.99. The number of fused-ring (bicyclic) bond motifs is 1. The van der Waals surface area contributed by atoms with E-state index in [1.807, 2.05) is 26.0 Å². The van der Waals surface area contributed by atoms with Gasteiger partial charge in [-0.2, -0.15) is 10.4 Å². The van der Waals surface area contributed by atoms with Crippen molar-refractivity contribution in [3.8, 4) is 6.07 Å². The van der Waals surface area contributed by atoms with Crippen molar-refractivity contribution in [3.63, 3.8) is 0 Å². The maximum Gasteiger partial charge on any atom is 0.225 e. The number of nitrogens with two attached hydrogens (primary N) is 1. The average molecular weight is 284 g/mol. The quantitative estimate of drug-likeness (QED) is 0.381. The van der Waals surface area contributed by atoms with Crippen molar-refractivity contribution >= 4 is 28.8 Å². The lowest BCUT2D eigenvalue weighted by molar-refractivity contribution is -0.117.